The molecule has 0 aromatic heterocycles. The Labute approximate surface area is 197 Å². The Morgan fingerprint density at radius 3 is 2.53 bits per heavy atom. The van der Waals surface area contributed by atoms with Crippen LogP contribution < -0.4 is 23.8 Å². The van der Waals surface area contributed by atoms with Gasteiger partial charge >= 0.3 is 5.97 Å². The number of aliphatic imine (C=N–C) groups is 1. The highest BCUT2D eigenvalue weighted by Gasteiger charge is 2.18. The largest absolute Gasteiger partial charge is 0.493 e. The van der Waals surface area contributed by atoms with E-state index < -0.39 is 5.97 Å². The molecule has 0 spiro atoms. The molecular formula is C26H24N2O6. The monoisotopic (exact) mass is 460 g/mol. The fourth-order valence-electron chi connectivity index (χ4n) is 3.75. The fraction of sp³-hybridized carbons (Fsp3) is 0.231. The van der Waals surface area contributed by atoms with Gasteiger partial charge in [0, 0.05) is 25.0 Å². The second-order valence-electron chi connectivity index (χ2n) is 7.74. The van der Waals surface area contributed by atoms with Crippen molar-refractivity contribution in [2.45, 2.75) is 0 Å². The summed E-state index contributed by atoms with van der Waals surface area (Å²) in [5, 5.41) is 0. The van der Waals surface area contributed by atoms with Gasteiger partial charge in [0.15, 0.2) is 23.0 Å². The summed E-state index contributed by atoms with van der Waals surface area (Å²) in [6.07, 6.45) is 1.75. The third-order valence-corrected chi connectivity index (χ3v) is 5.59. The normalized spacial score (nSPS) is 14.9. The van der Waals surface area contributed by atoms with Crippen LogP contribution in [0, 0.1) is 0 Å². The molecule has 8 heteroatoms. The van der Waals surface area contributed by atoms with Gasteiger partial charge in [-0.2, -0.15) is 0 Å². The number of hydrogen-bond acceptors (Lipinski definition) is 8. The van der Waals surface area contributed by atoms with Gasteiger partial charge in [0.2, 0.25) is 6.79 Å². The van der Waals surface area contributed by atoms with Crippen molar-refractivity contribution in [3.63, 3.8) is 0 Å². The maximum atomic E-state index is 12.6. The molecule has 0 bridgehead atoms. The number of methoxy groups -OCH3 is 1. The van der Waals surface area contributed by atoms with Crippen LogP contribution in [0.2, 0.25) is 0 Å². The molecule has 0 atom stereocenters. The van der Waals surface area contributed by atoms with Crippen LogP contribution in [-0.2, 0) is 4.74 Å². The highest BCUT2D eigenvalue weighted by Crippen LogP contribution is 2.34. The van der Waals surface area contributed by atoms with Crippen LogP contribution in [0.1, 0.15) is 15.9 Å². The Hall–Kier alpha value is -4.04. The number of fused-ring (bicyclic) bond motifs is 1. The zero-order valence-electron chi connectivity index (χ0n) is 18.7. The second-order valence-corrected chi connectivity index (χ2v) is 7.74. The van der Waals surface area contributed by atoms with E-state index in [2.05, 4.69) is 22.0 Å². The molecule has 0 saturated carbocycles. The molecule has 8 nitrogen and oxygen atoms in total. The van der Waals surface area contributed by atoms with Crippen molar-refractivity contribution in [2.24, 2.45) is 4.99 Å². The van der Waals surface area contributed by atoms with Crippen LogP contribution in [-0.4, -0.2) is 52.4 Å². The molecule has 174 valence electrons. The molecule has 2 heterocycles. The van der Waals surface area contributed by atoms with Gasteiger partial charge < -0.3 is 28.6 Å². The van der Waals surface area contributed by atoms with Crippen molar-refractivity contribution in [2.75, 3.05) is 45.1 Å². The van der Waals surface area contributed by atoms with Crippen LogP contribution >= 0.6 is 0 Å². The van der Waals surface area contributed by atoms with E-state index in [-0.39, 0.29) is 6.79 Å². The first-order valence-corrected chi connectivity index (χ1v) is 11.0. The van der Waals surface area contributed by atoms with Gasteiger partial charge in [-0.3, -0.25) is 4.99 Å². The Balaban J connectivity index is 1.26. The minimum Gasteiger partial charge on any atom is -0.493 e. The lowest BCUT2D eigenvalue weighted by Crippen LogP contribution is -2.36. The standard InChI is InChI=1S/C26H24N2O6/c1-30-24-14-18(16-27-20-4-6-21(7-5-20)28-10-12-31-13-11-28)2-8-23(24)34-26(29)19-3-9-22-25(15-19)33-17-32-22/h2-9,14-16H,10-13,17H2,1H3. The minimum atomic E-state index is -0.515. The summed E-state index contributed by atoms with van der Waals surface area (Å²) in [7, 11) is 1.53. The van der Waals surface area contributed by atoms with E-state index in [9.17, 15) is 4.79 Å². The topological polar surface area (TPSA) is 78.8 Å². The molecule has 0 radical (unpaired) electrons. The molecule has 0 aliphatic carbocycles. The second kappa shape index (κ2) is 9.84. The van der Waals surface area contributed by atoms with Crippen molar-refractivity contribution < 1.29 is 28.5 Å². The average molecular weight is 460 g/mol. The van der Waals surface area contributed by atoms with Crippen molar-refractivity contribution in [1.29, 1.82) is 0 Å². The van der Waals surface area contributed by atoms with Gasteiger partial charge in [-0.1, -0.05) is 0 Å². The molecule has 3 aromatic carbocycles. The summed E-state index contributed by atoms with van der Waals surface area (Å²) >= 11 is 0. The highest BCUT2D eigenvalue weighted by molar-refractivity contribution is 5.92. The number of hydrogen-bond donors (Lipinski definition) is 0. The summed E-state index contributed by atoms with van der Waals surface area (Å²) in [5.41, 5.74) is 3.18. The van der Waals surface area contributed by atoms with Gasteiger partial charge in [-0.05, 0) is 66.2 Å². The van der Waals surface area contributed by atoms with Crippen molar-refractivity contribution in [1.82, 2.24) is 0 Å². The first kappa shape index (κ1) is 21.8. The molecular weight excluding hydrogens is 436 g/mol. The molecule has 0 amide bonds. The molecule has 2 aliphatic rings. The lowest BCUT2D eigenvalue weighted by Gasteiger charge is -2.28. The van der Waals surface area contributed by atoms with Crippen molar-refractivity contribution in [3.8, 4) is 23.0 Å². The third-order valence-electron chi connectivity index (χ3n) is 5.59. The van der Waals surface area contributed by atoms with Crippen LogP contribution in [0.4, 0.5) is 11.4 Å². The van der Waals surface area contributed by atoms with Crippen LogP contribution in [0.25, 0.3) is 0 Å². The van der Waals surface area contributed by atoms with E-state index in [1.807, 2.05) is 18.2 Å². The SMILES string of the molecule is COc1cc(C=Nc2ccc(N3CCOCC3)cc2)ccc1OC(=O)c1ccc2c(c1)OCO2. The highest BCUT2D eigenvalue weighted by atomic mass is 16.7. The molecule has 2 aliphatic heterocycles. The van der Waals surface area contributed by atoms with Crippen LogP contribution in [0.3, 0.4) is 0 Å². The smallest absolute Gasteiger partial charge is 0.343 e. The minimum absolute atomic E-state index is 0.142. The number of esters is 1. The molecule has 1 saturated heterocycles. The fourth-order valence-corrected chi connectivity index (χ4v) is 3.75. The van der Waals surface area contributed by atoms with E-state index in [0.29, 0.717) is 28.6 Å². The van der Waals surface area contributed by atoms with E-state index in [1.54, 1.807) is 36.5 Å². The van der Waals surface area contributed by atoms with Gasteiger partial charge in [0.25, 0.3) is 0 Å². The quantitative estimate of drug-likeness (QED) is 0.309. The van der Waals surface area contributed by atoms with Gasteiger partial charge in [0.1, 0.15) is 0 Å². The summed E-state index contributed by atoms with van der Waals surface area (Å²) in [4.78, 5) is 19.5. The molecule has 1 fully saturated rings. The van der Waals surface area contributed by atoms with E-state index >= 15 is 0 Å². The van der Waals surface area contributed by atoms with Gasteiger partial charge in [-0.25, -0.2) is 4.79 Å². The van der Waals surface area contributed by atoms with Gasteiger partial charge in [-0.15, -0.1) is 0 Å². The van der Waals surface area contributed by atoms with E-state index in [1.165, 1.54) is 7.11 Å². The number of benzene rings is 3. The third kappa shape index (κ3) is 4.82. The van der Waals surface area contributed by atoms with Gasteiger partial charge in [0.05, 0.1) is 31.6 Å². The first-order valence-electron chi connectivity index (χ1n) is 11.0. The number of anilines is 1. The van der Waals surface area contributed by atoms with Crippen molar-refractivity contribution in [3.05, 3.63) is 71.8 Å². The zero-order chi connectivity index (χ0) is 23.3. The number of nitrogens with zero attached hydrogens (tertiary/aromatic N) is 2. The lowest BCUT2D eigenvalue weighted by atomic mass is 10.2. The Bertz CT molecular complexity index is 1200. The lowest BCUT2D eigenvalue weighted by molar-refractivity contribution is 0.0729. The number of morpholine rings is 1. The molecule has 5 rings (SSSR count). The molecule has 34 heavy (non-hydrogen) atoms. The maximum Gasteiger partial charge on any atom is 0.343 e. The van der Waals surface area contributed by atoms with Crippen LogP contribution in [0.5, 0.6) is 23.0 Å². The predicted molar refractivity (Wildman–Crippen MR) is 127 cm³/mol. The van der Waals surface area contributed by atoms with E-state index in [4.69, 9.17) is 23.7 Å². The number of ether oxygens (including phenoxy) is 5. The van der Waals surface area contributed by atoms with Crippen LogP contribution in [0.15, 0.2) is 65.7 Å². The summed E-state index contributed by atoms with van der Waals surface area (Å²) in [6, 6.07) is 18.3. The predicted octanol–water partition coefficient (Wildman–Crippen LogP) is 4.23. The maximum absolute atomic E-state index is 12.6. The van der Waals surface area contributed by atoms with Crippen molar-refractivity contribution >= 4 is 23.6 Å². The summed E-state index contributed by atoms with van der Waals surface area (Å²) in [6.45, 7) is 3.44. The average Bonchev–Trinajstić information content (AvgIpc) is 3.37. The van der Waals surface area contributed by atoms with E-state index in [0.717, 1.165) is 43.2 Å². The number of carbonyl (C=O) groups is 1. The Kier molecular flexibility index (Phi) is 6.31. The summed E-state index contributed by atoms with van der Waals surface area (Å²) in [5.74, 6) is 1.36. The molecule has 3 aromatic rings. The molecule has 0 N–H and O–H groups in total. The molecule has 0 unspecified atom stereocenters. The Morgan fingerprint density at radius 2 is 1.74 bits per heavy atom. The number of carbonyl (C=O) groups excluding carboxylic acids is 1. The Morgan fingerprint density at radius 1 is 0.941 bits per heavy atom. The zero-order valence-corrected chi connectivity index (χ0v) is 18.7. The number of rotatable bonds is 6. The summed E-state index contributed by atoms with van der Waals surface area (Å²) < 4.78 is 27.0. The first-order chi connectivity index (χ1) is 16.7.